The molecule has 4 nitrogen and oxygen atoms in total. The minimum Gasteiger partial charge on any atom is -0.294 e. The summed E-state index contributed by atoms with van der Waals surface area (Å²) in [6.07, 6.45) is 0. The first-order chi connectivity index (χ1) is 11.0. The number of benzene rings is 1. The average molecular weight is 351 g/mol. The zero-order valence-corrected chi connectivity index (χ0v) is 15.1. The van der Waals surface area contributed by atoms with Crippen LogP contribution in [0.3, 0.4) is 0 Å². The minimum atomic E-state index is -3.33. The third-order valence-corrected chi connectivity index (χ3v) is 7.78. The molecule has 1 aliphatic rings. The Labute approximate surface area is 142 Å². The maximum absolute atomic E-state index is 12.7. The molecule has 1 aliphatic heterocycles. The summed E-state index contributed by atoms with van der Waals surface area (Å²) in [4.78, 5) is 3.38. The van der Waals surface area contributed by atoms with Crippen LogP contribution in [0, 0.1) is 6.92 Å². The highest BCUT2D eigenvalue weighted by atomic mass is 32.2. The second kappa shape index (κ2) is 6.73. The van der Waals surface area contributed by atoms with Crippen LogP contribution in [0.5, 0.6) is 0 Å². The fourth-order valence-electron chi connectivity index (χ4n) is 2.95. The molecule has 0 radical (unpaired) electrons. The molecule has 6 heteroatoms. The molecule has 0 N–H and O–H groups in total. The van der Waals surface area contributed by atoms with Crippen LogP contribution in [0.15, 0.2) is 46.7 Å². The lowest BCUT2D eigenvalue weighted by molar-refractivity contribution is 0.146. The highest BCUT2D eigenvalue weighted by molar-refractivity contribution is 7.91. The van der Waals surface area contributed by atoms with E-state index in [1.165, 1.54) is 16.9 Å². The molecule has 0 spiro atoms. The van der Waals surface area contributed by atoms with Gasteiger partial charge in [-0.25, -0.2) is 8.42 Å². The molecule has 0 aliphatic carbocycles. The lowest BCUT2D eigenvalue weighted by atomic mass is 10.1. The molecule has 3 rings (SSSR count). The van der Waals surface area contributed by atoms with Crippen molar-refractivity contribution in [2.75, 3.05) is 26.2 Å². The molecule has 0 amide bonds. The van der Waals surface area contributed by atoms with Gasteiger partial charge in [0.05, 0.1) is 0 Å². The van der Waals surface area contributed by atoms with Gasteiger partial charge in [0.1, 0.15) is 4.21 Å². The summed E-state index contributed by atoms with van der Waals surface area (Å²) < 4.78 is 27.4. The van der Waals surface area contributed by atoms with Crippen molar-refractivity contribution in [3.8, 4) is 0 Å². The third kappa shape index (κ3) is 3.50. The van der Waals surface area contributed by atoms with Gasteiger partial charge in [-0.15, -0.1) is 11.3 Å². The van der Waals surface area contributed by atoms with E-state index in [-0.39, 0.29) is 0 Å². The number of aryl methyl sites for hydroxylation is 1. The predicted octanol–water partition coefficient (Wildman–Crippen LogP) is 3.12. The van der Waals surface area contributed by atoms with Gasteiger partial charge in [0.15, 0.2) is 0 Å². The van der Waals surface area contributed by atoms with Crippen molar-refractivity contribution in [2.45, 2.75) is 24.1 Å². The average Bonchev–Trinajstić information content (AvgIpc) is 3.02. The molecule has 1 aromatic carbocycles. The lowest BCUT2D eigenvalue weighted by Crippen LogP contribution is -2.49. The molecular weight excluding hydrogens is 328 g/mol. The Kier molecular flexibility index (Phi) is 4.87. The van der Waals surface area contributed by atoms with E-state index in [2.05, 4.69) is 24.0 Å². The Bertz CT molecular complexity index is 748. The molecule has 1 saturated heterocycles. The van der Waals surface area contributed by atoms with Crippen molar-refractivity contribution in [3.63, 3.8) is 0 Å². The summed E-state index contributed by atoms with van der Waals surface area (Å²) in [7, 11) is -3.33. The van der Waals surface area contributed by atoms with Crippen LogP contribution in [0.25, 0.3) is 0 Å². The van der Waals surface area contributed by atoms with Crippen LogP contribution in [0.2, 0.25) is 0 Å². The Hall–Kier alpha value is -1.21. The van der Waals surface area contributed by atoms with Crippen LogP contribution in [0.1, 0.15) is 23.4 Å². The molecule has 1 unspecified atom stereocenters. The highest BCUT2D eigenvalue weighted by Gasteiger charge is 2.31. The number of rotatable bonds is 4. The number of piperazine rings is 1. The number of hydrogen-bond acceptors (Lipinski definition) is 4. The van der Waals surface area contributed by atoms with E-state index in [0.29, 0.717) is 23.3 Å². The van der Waals surface area contributed by atoms with Gasteiger partial charge >= 0.3 is 0 Å². The number of sulfonamides is 1. The second-order valence-electron chi connectivity index (χ2n) is 5.89. The summed E-state index contributed by atoms with van der Waals surface area (Å²) in [6.45, 7) is 6.75. The maximum Gasteiger partial charge on any atom is 0.252 e. The van der Waals surface area contributed by atoms with E-state index in [9.17, 15) is 8.42 Å². The van der Waals surface area contributed by atoms with E-state index < -0.39 is 10.0 Å². The molecule has 2 aromatic rings. The first-order valence-electron chi connectivity index (χ1n) is 7.84. The normalized spacial score (nSPS) is 18.9. The molecule has 1 fully saturated rings. The topological polar surface area (TPSA) is 40.6 Å². The zero-order chi connectivity index (χ0) is 16.4. The van der Waals surface area contributed by atoms with Gasteiger partial charge in [-0.2, -0.15) is 4.31 Å². The second-order valence-corrected chi connectivity index (χ2v) is 9.34. The van der Waals surface area contributed by atoms with Crippen LogP contribution in [0.4, 0.5) is 0 Å². The van der Waals surface area contributed by atoms with Crippen molar-refractivity contribution in [2.24, 2.45) is 0 Å². The maximum atomic E-state index is 12.7. The molecule has 0 saturated carbocycles. The first-order valence-corrected chi connectivity index (χ1v) is 10.1. The van der Waals surface area contributed by atoms with Gasteiger partial charge < -0.3 is 0 Å². The molecule has 2 heterocycles. The number of hydrogen-bond donors (Lipinski definition) is 0. The van der Waals surface area contributed by atoms with Gasteiger partial charge in [-0.05, 0) is 31.5 Å². The van der Waals surface area contributed by atoms with Gasteiger partial charge in [0, 0.05) is 37.1 Å². The molecule has 1 aromatic heterocycles. The van der Waals surface area contributed by atoms with Crippen molar-refractivity contribution in [1.29, 1.82) is 0 Å². The summed E-state index contributed by atoms with van der Waals surface area (Å²) in [6, 6.07) is 14.3. The lowest BCUT2D eigenvalue weighted by Gasteiger charge is -2.37. The molecule has 0 bridgehead atoms. The molecule has 124 valence electrons. The SMILES string of the molecule is Cc1ccc(S(=O)(=O)N2CCN(C(C)c3ccccc3)CC2)s1. The van der Waals surface area contributed by atoms with E-state index >= 15 is 0 Å². The summed E-state index contributed by atoms with van der Waals surface area (Å²) in [5.74, 6) is 0. The summed E-state index contributed by atoms with van der Waals surface area (Å²) in [5, 5.41) is 0. The van der Waals surface area contributed by atoms with Crippen LogP contribution in [-0.4, -0.2) is 43.8 Å². The fourth-order valence-corrected chi connectivity index (χ4v) is 5.81. The van der Waals surface area contributed by atoms with Crippen molar-refractivity contribution >= 4 is 21.4 Å². The standard InChI is InChI=1S/C17H22N2O2S2/c1-14-8-9-17(22-14)23(20,21)19-12-10-18(11-13-19)15(2)16-6-4-3-5-7-16/h3-9,15H,10-13H2,1-2H3. The molecule has 1 atom stereocenters. The van der Waals surface area contributed by atoms with Gasteiger partial charge in [-0.3, -0.25) is 4.90 Å². The fraction of sp³-hybridized carbons (Fsp3) is 0.412. The van der Waals surface area contributed by atoms with Crippen molar-refractivity contribution in [1.82, 2.24) is 9.21 Å². The largest absolute Gasteiger partial charge is 0.294 e. The predicted molar refractivity (Wildman–Crippen MR) is 94.2 cm³/mol. The van der Waals surface area contributed by atoms with E-state index in [1.807, 2.05) is 31.2 Å². The molecule has 23 heavy (non-hydrogen) atoms. The van der Waals surface area contributed by atoms with Crippen molar-refractivity contribution < 1.29 is 8.42 Å². The Morgan fingerprint density at radius 3 is 2.22 bits per heavy atom. The monoisotopic (exact) mass is 350 g/mol. The Balaban J connectivity index is 1.67. The van der Waals surface area contributed by atoms with Gasteiger partial charge in [0.2, 0.25) is 0 Å². The third-order valence-electron chi connectivity index (χ3n) is 4.41. The number of nitrogens with zero attached hydrogens (tertiary/aromatic N) is 2. The van der Waals surface area contributed by atoms with Crippen molar-refractivity contribution in [3.05, 3.63) is 52.9 Å². The van der Waals surface area contributed by atoms with E-state index in [1.54, 1.807) is 10.4 Å². The zero-order valence-electron chi connectivity index (χ0n) is 13.5. The Morgan fingerprint density at radius 2 is 1.65 bits per heavy atom. The van der Waals surface area contributed by atoms with Crippen LogP contribution >= 0.6 is 11.3 Å². The quantitative estimate of drug-likeness (QED) is 0.851. The van der Waals surface area contributed by atoms with Gasteiger partial charge in [0.25, 0.3) is 10.0 Å². The summed E-state index contributed by atoms with van der Waals surface area (Å²) >= 11 is 1.35. The highest BCUT2D eigenvalue weighted by Crippen LogP contribution is 2.27. The summed E-state index contributed by atoms with van der Waals surface area (Å²) in [5.41, 5.74) is 1.28. The Morgan fingerprint density at radius 1 is 1.00 bits per heavy atom. The smallest absolute Gasteiger partial charge is 0.252 e. The number of thiophene rings is 1. The van der Waals surface area contributed by atoms with Gasteiger partial charge in [-0.1, -0.05) is 30.3 Å². The minimum absolute atomic E-state index is 0.310. The van der Waals surface area contributed by atoms with E-state index in [0.717, 1.165) is 18.0 Å². The molecular formula is C17H22N2O2S2. The first kappa shape index (κ1) is 16.6. The van der Waals surface area contributed by atoms with Crippen LogP contribution in [-0.2, 0) is 10.0 Å². The van der Waals surface area contributed by atoms with E-state index in [4.69, 9.17) is 0 Å². The van der Waals surface area contributed by atoms with Crippen LogP contribution < -0.4 is 0 Å².